The van der Waals surface area contributed by atoms with E-state index in [4.69, 9.17) is 9.47 Å². The lowest BCUT2D eigenvalue weighted by molar-refractivity contribution is -0.452. The van der Waals surface area contributed by atoms with Crippen LogP contribution in [0.3, 0.4) is 0 Å². The Morgan fingerprint density at radius 3 is 1.19 bits per heavy atom. The summed E-state index contributed by atoms with van der Waals surface area (Å²) in [6.45, 7) is 7.84. The minimum Gasteiger partial charge on any atom is -0.432 e. The molecule has 0 saturated heterocycles. The first-order chi connectivity index (χ1) is 20.2. The average molecular weight is 591 g/mol. The van der Waals surface area contributed by atoms with Gasteiger partial charge in [0.25, 0.3) is 0 Å². The van der Waals surface area contributed by atoms with Crippen LogP contribution in [0.4, 0.5) is 9.59 Å². The first-order valence-corrected chi connectivity index (χ1v) is 13.8. The zero-order chi connectivity index (χ0) is 30.7. The van der Waals surface area contributed by atoms with Crippen molar-refractivity contribution in [3.05, 3.63) is 69.8 Å². The van der Waals surface area contributed by atoms with E-state index >= 15 is 0 Å². The molecule has 0 atom stereocenters. The smallest absolute Gasteiger partial charge is 0.432 e. The molecule has 2 aromatic rings. The molecule has 0 N–H and O–H groups in total. The monoisotopic (exact) mass is 590 g/mol. The zero-order valence-corrected chi connectivity index (χ0v) is 24.4. The Morgan fingerprint density at radius 2 is 0.833 bits per heavy atom. The number of unbranched alkanes of at least 4 members (excludes halogenated alkanes) is 7. The van der Waals surface area contributed by atoms with Gasteiger partial charge in [-0.25, -0.2) is 29.0 Å². The van der Waals surface area contributed by atoms with Gasteiger partial charge in [0, 0.05) is 0 Å². The van der Waals surface area contributed by atoms with Crippen LogP contribution in [-0.4, -0.2) is 37.5 Å². The van der Waals surface area contributed by atoms with Crippen molar-refractivity contribution in [3.63, 3.8) is 0 Å². The maximum Gasteiger partial charge on any atom is 0.543 e. The summed E-state index contributed by atoms with van der Waals surface area (Å²) in [6, 6.07) is 9.98. The molecule has 230 valence electrons. The zero-order valence-electron chi connectivity index (χ0n) is 24.4. The van der Waals surface area contributed by atoms with Crippen molar-refractivity contribution in [1.82, 2.24) is 0 Å². The van der Waals surface area contributed by atoms with Crippen LogP contribution >= 0.6 is 0 Å². The van der Waals surface area contributed by atoms with E-state index < -0.39 is 24.2 Å². The van der Waals surface area contributed by atoms with Crippen LogP contribution in [0.2, 0.25) is 0 Å². The number of carbonyl (C=O) groups excluding carboxylic acids is 4. The second kappa shape index (κ2) is 19.1. The summed E-state index contributed by atoms with van der Waals surface area (Å²) in [5.41, 5.74) is 4.42. The first kappa shape index (κ1) is 34.0. The van der Waals surface area contributed by atoms with E-state index in [-0.39, 0.29) is 24.3 Å². The molecule has 0 aliphatic carbocycles. The lowest BCUT2D eigenvalue weighted by atomic mass is 10.1. The second-order valence-corrected chi connectivity index (χ2v) is 9.67. The van der Waals surface area contributed by atoms with Crippen molar-refractivity contribution in [3.8, 4) is 0 Å². The summed E-state index contributed by atoms with van der Waals surface area (Å²) >= 11 is 0. The van der Waals surface area contributed by atoms with Gasteiger partial charge in [-0.1, -0.05) is 50.7 Å². The molecule has 0 bridgehead atoms. The Kier molecular flexibility index (Phi) is 15.4. The number of carbonyl (C=O) groups is 4. The molecule has 12 heteroatoms. The summed E-state index contributed by atoms with van der Waals surface area (Å²) in [5, 5.41) is 8.42. The highest BCUT2D eigenvalue weighted by molar-refractivity contribution is 5.89. The standard InChI is InChI=1S/C30H38O12/c1-21-13-15-25(19-23(21)3)27(31)37-41-39-29(33)35-17-11-9-7-5-6-8-10-12-18-36-30(34)40-42-38-28(32)26-16-14-22(2)24(4)20-26/h13-16,19-20H,5-12,17-18H2,1-4H3. The van der Waals surface area contributed by atoms with Crippen LogP contribution in [0.5, 0.6) is 0 Å². The lowest BCUT2D eigenvalue weighted by Crippen LogP contribution is -2.13. The minimum atomic E-state index is -1.10. The average Bonchev–Trinajstić information content (AvgIpc) is 2.96. The Labute approximate surface area is 244 Å². The molecular formula is C30H38O12. The minimum absolute atomic E-state index is 0.148. The quantitative estimate of drug-likeness (QED) is 0.0805. The molecule has 2 aromatic carbocycles. The van der Waals surface area contributed by atoms with Gasteiger partial charge >= 0.3 is 24.2 Å². The van der Waals surface area contributed by atoms with E-state index in [2.05, 4.69) is 29.6 Å². The second-order valence-electron chi connectivity index (χ2n) is 9.67. The maximum absolute atomic E-state index is 11.9. The van der Waals surface area contributed by atoms with E-state index in [1.165, 1.54) is 0 Å². The van der Waals surface area contributed by atoms with E-state index in [1.54, 1.807) is 36.4 Å². The largest absolute Gasteiger partial charge is 0.543 e. The Bertz CT molecular complexity index is 1090. The van der Waals surface area contributed by atoms with Crippen LogP contribution in [0, 0.1) is 27.7 Å². The van der Waals surface area contributed by atoms with Gasteiger partial charge in [0.15, 0.2) is 0 Å². The molecular weight excluding hydrogens is 552 g/mol. The normalized spacial score (nSPS) is 10.5. The van der Waals surface area contributed by atoms with Crippen molar-refractivity contribution in [2.24, 2.45) is 0 Å². The molecule has 2 rings (SSSR count). The van der Waals surface area contributed by atoms with Crippen LogP contribution in [-0.2, 0) is 39.1 Å². The lowest BCUT2D eigenvalue weighted by Gasteiger charge is -2.06. The molecule has 42 heavy (non-hydrogen) atoms. The summed E-state index contributed by atoms with van der Waals surface area (Å²) in [4.78, 5) is 64.1. The number of benzene rings is 2. The summed E-state index contributed by atoms with van der Waals surface area (Å²) in [5.74, 6) is -1.58. The predicted octanol–water partition coefficient (Wildman–Crippen LogP) is 7.05. The van der Waals surface area contributed by atoms with Crippen molar-refractivity contribution < 1.29 is 58.3 Å². The van der Waals surface area contributed by atoms with E-state index in [1.807, 2.05) is 27.7 Å². The Balaban J connectivity index is 1.36. The van der Waals surface area contributed by atoms with Crippen LogP contribution in [0.25, 0.3) is 0 Å². The Morgan fingerprint density at radius 1 is 0.476 bits per heavy atom. The van der Waals surface area contributed by atoms with Gasteiger partial charge in [0.1, 0.15) is 0 Å². The molecule has 0 aliphatic heterocycles. The van der Waals surface area contributed by atoms with Gasteiger partial charge in [0.05, 0.1) is 34.4 Å². The van der Waals surface area contributed by atoms with Crippen molar-refractivity contribution >= 4 is 24.2 Å². The van der Waals surface area contributed by atoms with E-state index in [0.717, 1.165) is 60.8 Å². The first-order valence-electron chi connectivity index (χ1n) is 13.8. The molecule has 0 aliphatic rings. The SMILES string of the molecule is Cc1ccc(C(=O)OOOC(=O)OCCCCCCCCCCOC(=O)OOOC(=O)c2ccc(C)c(C)c2)cc1C. The maximum atomic E-state index is 11.9. The van der Waals surface area contributed by atoms with Crippen molar-refractivity contribution in [2.75, 3.05) is 13.2 Å². The number of ether oxygens (including phenoxy) is 2. The van der Waals surface area contributed by atoms with Gasteiger partial charge in [-0.15, -0.1) is 0 Å². The van der Waals surface area contributed by atoms with Gasteiger partial charge < -0.3 is 9.47 Å². The van der Waals surface area contributed by atoms with Gasteiger partial charge in [-0.2, -0.15) is 0 Å². The molecule has 0 fully saturated rings. The summed E-state index contributed by atoms with van der Waals surface area (Å²) in [7, 11) is 0. The molecule has 0 aromatic heterocycles. The molecule has 12 nitrogen and oxygen atoms in total. The highest BCUT2D eigenvalue weighted by atomic mass is 17.5. The molecule has 0 heterocycles. The highest BCUT2D eigenvalue weighted by Crippen LogP contribution is 2.13. The van der Waals surface area contributed by atoms with Crippen LogP contribution in [0.1, 0.15) is 94.3 Å². The predicted molar refractivity (Wildman–Crippen MR) is 147 cm³/mol. The third kappa shape index (κ3) is 13.5. The molecule has 0 unspecified atom stereocenters. The van der Waals surface area contributed by atoms with E-state index in [0.29, 0.717) is 12.8 Å². The number of hydrogen-bond donors (Lipinski definition) is 0. The Hall–Kier alpha value is -4.16. The van der Waals surface area contributed by atoms with Gasteiger partial charge in [-0.05, 0) is 87.1 Å². The third-order valence-corrected chi connectivity index (χ3v) is 6.39. The molecule has 0 radical (unpaired) electrons. The fourth-order valence-corrected chi connectivity index (χ4v) is 3.61. The number of hydrogen-bond acceptors (Lipinski definition) is 12. The van der Waals surface area contributed by atoms with Gasteiger partial charge in [-0.3, -0.25) is 9.78 Å². The van der Waals surface area contributed by atoms with Crippen LogP contribution < -0.4 is 0 Å². The number of rotatable bonds is 17. The summed E-state index contributed by atoms with van der Waals surface area (Å²) in [6.07, 6.45) is 4.75. The number of aryl methyl sites for hydroxylation is 4. The highest BCUT2D eigenvalue weighted by Gasteiger charge is 2.14. The fourth-order valence-electron chi connectivity index (χ4n) is 3.61. The van der Waals surface area contributed by atoms with E-state index in [9.17, 15) is 19.2 Å². The van der Waals surface area contributed by atoms with Crippen molar-refractivity contribution in [2.45, 2.75) is 79.1 Å². The van der Waals surface area contributed by atoms with Gasteiger partial charge in [0.2, 0.25) is 0 Å². The molecule has 0 saturated carbocycles. The molecule has 0 spiro atoms. The summed E-state index contributed by atoms with van der Waals surface area (Å²) < 4.78 is 9.72. The van der Waals surface area contributed by atoms with Crippen LogP contribution in [0.15, 0.2) is 36.4 Å². The topological polar surface area (TPSA) is 142 Å². The molecule has 0 amide bonds. The fraction of sp³-hybridized carbons (Fsp3) is 0.467. The van der Waals surface area contributed by atoms with Crippen molar-refractivity contribution in [1.29, 1.82) is 0 Å². The third-order valence-electron chi connectivity index (χ3n) is 6.39.